The van der Waals surface area contributed by atoms with Crippen molar-refractivity contribution in [3.63, 3.8) is 0 Å². The van der Waals surface area contributed by atoms with E-state index in [0.717, 1.165) is 28.8 Å². The van der Waals surface area contributed by atoms with Gasteiger partial charge < -0.3 is 10.1 Å². The van der Waals surface area contributed by atoms with E-state index in [1.165, 1.54) is 6.33 Å². The van der Waals surface area contributed by atoms with Crippen LogP contribution in [0.2, 0.25) is 0 Å². The van der Waals surface area contributed by atoms with Gasteiger partial charge in [-0.2, -0.15) is 5.26 Å². The Labute approximate surface area is 181 Å². The number of hydrogen-bond donors (Lipinski definition) is 1. The first-order valence-corrected chi connectivity index (χ1v) is 9.99. The van der Waals surface area contributed by atoms with E-state index in [9.17, 15) is 10.1 Å². The number of benzene rings is 2. The maximum Gasteiger partial charge on any atom is 0.255 e. The summed E-state index contributed by atoms with van der Waals surface area (Å²) in [4.78, 5) is 21.4. The van der Waals surface area contributed by atoms with Gasteiger partial charge in [0.25, 0.3) is 5.91 Å². The van der Waals surface area contributed by atoms with Crippen LogP contribution < -0.4 is 10.1 Å². The van der Waals surface area contributed by atoms with Gasteiger partial charge in [-0.1, -0.05) is 30.4 Å². The third-order valence-electron chi connectivity index (χ3n) is 5.30. The average Bonchev–Trinajstić information content (AvgIpc) is 3.25. The number of nitriles is 1. The molecule has 3 aromatic rings. The summed E-state index contributed by atoms with van der Waals surface area (Å²) in [5, 5.41) is 12.3. The second-order valence-corrected chi connectivity index (χ2v) is 8.00. The van der Waals surface area contributed by atoms with Gasteiger partial charge in [-0.3, -0.25) is 4.79 Å². The van der Waals surface area contributed by atoms with Gasteiger partial charge in [0, 0.05) is 17.7 Å². The molecule has 0 atom stereocenters. The first kappa shape index (κ1) is 20.3. The van der Waals surface area contributed by atoms with Gasteiger partial charge in [-0.05, 0) is 56.2 Å². The third-order valence-corrected chi connectivity index (χ3v) is 5.30. The SMILES string of the molecule is Cc1ccc(C(=O)Nc2cccc(C(C)(C)C#N)c2)cc1Oc1ncnc2c1C=CC2. The van der Waals surface area contributed by atoms with Crippen LogP contribution in [-0.4, -0.2) is 15.9 Å². The smallest absolute Gasteiger partial charge is 0.255 e. The monoisotopic (exact) mass is 410 g/mol. The summed E-state index contributed by atoms with van der Waals surface area (Å²) < 4.78 is 6.05. The van der Waals surface area contributed by atoms with Gasteiger partial charge in [0.15, 0.2) is 0 Å². The van der Waals surface area contributed by atoms with Gasteiger partial charge in [-0.25, -0.2) is 9.97 Å². The Balaban J connectivity index is 1.57. The van der Waals surface area contributed by atoms with Crippen molar-refractivity contribution >= 4 is 17.7 Å². The molecule has 1 heterocycles. The van der Waals surface area contributed by atoms with Crippen molar-refractivity contribution in [2.24, 2.45) is 0 Å². The van der Waals surface area contributed by atoms with Crippen LogP contribution in [0.5, 0.6) is 11.6 Å². The predicted octanol–water partition coefficient (Wildman–Crippen LogP) is 5.20. The van der Waals surface area contributed by atoms with Gasteiger partial charge in [-0.15, -0.1) is 0 Å². The number of nitrogens with zero attached hydrogens (tertiary/aromatic N) is 3. The normalized spacial score (nSPS) is 12.2. The number of fused-ring (bicyclic) bond motifs is 1. The molecule has 1 aliphatic rings. The van der Waals surface area contributed by atoms with Crippen LogP contribution in [0.15, 0.2) is 54.9 Å². The van der Waals surface area contributed by atoms with Crippen molar-refractivity contribution in [1.82, 2.24) is 9.97 Å². The first-order valence-electron chi connectivity index (χ1n) is 9.99. The number of carbonyl (C=O) groups excluding carboxylic acids is 1. The van der Waals surface area contributed by atoms with E-state index in [4.69, 9.17) is 4.74 Å². The number of aromatic nitrogens is 2. The molecule has 1 N–H and O–H groups in total. The molecule has 31 heavy (non-hydrogen) atoms. The average molecular weight is 410 g/mol. The highest BCUT2D eigenvalue weighted by atomic mass is 16.5. The predicted molar refractivity (Wildman–Crippen MR) is 119 cm³/mol. The zero-order chi connectivity index (χ0) is 22.0. The fourth-order valence-electron chi connectivity index (χ4n) is 3.32. The van der Waals surface area contributed by atoms with Crippen LogP contribution >= 0.6 is 0 Å². The summed E-state index contributed by atoms with van der Waals surface area (Å²) in [6.45, 7) is 5.61. The van der Waals surface area contributed by atoms with Crippen LogP contribution in [-0.2, 0) is 11.8 Å². The largest absolute Gasteiger partial charge is 0.438 e. The molecule has 0 aliphatic heterocycles. The van der Waals surface area contributed by atoms with E-state index >= 15 is 0 Å². The molecule has 154 valence electrons. The summed E-state index contributed by atoms with van der Waals surface area (Å²) in [6.07, 6.45) is 6.22. The summed E-state index contributed by atoms with van der Waals surface area (Å²) in [5.41, 5.74) is 3.98. The van der Waals surface area contributed by atoms with Crippen molar-refractivity contribution in [1.29, 1.82) is 5.26 Å². The Morgan fingerprint density at radius 2 is 2.03 bits per heavy atom. The minimum atomic E-state index is -0.641. The molecule has 1 aromatic heterocycles. The number of allylic oxidation sites excluding steroid dienone is 1. The molecule has 2 aromatic carbocycles. The molecule has 1 amide bonds. The second-order valence-electron chi connectivity index (χ2n) is 8.00. The van der Waals surface area contributed by atoms with Crippen molar-refractivity contribution in [2.45, 2.75) is 32.6 Å². The molecular formula is C25H22N4O2. The lowest BCUT2D eigenvalue weighted by atomic mass is 9.86. The lowest BCUT2D eigenvalue weighted by Gasteiger charge is -2.17. The molecule has 0 spiro atoms. The number of amides is 1. The lowest BCUT2D eigenvalue weighted by Crippen LogP contribution is -2.16. The third kappa shape index (κ3) is 4.17. The maximum atomic E-state index is 12.9. The number of carbonyl (C=O) groups is 1. The Morgan fingerprint density at radius 1 is 1.19 bits per heavy atom. The van der Waals surface area contributed by atoms with Gasteiger partial charge >= 0.3 is 0 Å². The molecular weight excluding hydrogens is 388 g/mol. The van der Waals surface area contributed by atoms with Crippen LogP contribution in [0.4, 0.5) is 5.69 Å². The van der Waals surface area contributed by atoms with Crippen molar-refractivity contribution in [2.75, 3.05) is 5.32 Å². The van der Waals surface area contributed by atoms with Crippen LogP contribution in [0.25, 0.3) is 6.08 Å². The van der Waals surface area contributed by atoms with E-state index in [-0.39, 0.29) is 5.91 Å². The van der Waals surface area contributed by atoms with Crippen molar-refractivity contribution in [3.05, 3.63) is 82.8 Å². The van der Waals surface area contributed by atoms with Crippen molar-refractivity contribution in [3.8, 4) is 17.7 Å². The zero-order valence-electron chi connectivity index (χ0n) is 17.6. The van der Waals surface area contributed by atoms with Crippen LogP contribution in [0.3, 0.4) is 0 Å². The van der Waals surface area contributed by atoms with E-state index in [2.05, 4.69) is 21.4 Å². The molecule has 0 unspecified atom stereocenters. The number of aryl methyl sites for hydroxylation is 1. The minimum Gasteiger partial charge on any atom is -0.438 e. The first-order chi connectivity index (χ1) is 14.9. The Hall–Kier alpha value is -3.98. The highest BCUT2D eigenvalue weighted by Crippen LogP contribution is 2.31. The number of hydrogen-bond acceptors (Lipinski definition) is 5. The quantitative estimate of drug-likeness (QED) is 0.624. The Bertz CT molecular complexity index is 1240. The highest BCUT2D eigenvalue weighted by Gasteiger charge is 2.20. The van der Waals surface area contributed by atoms with Crippen LogP contribution in [0.1, 0.15) is 46.6 Å². The molecule has 6 heteroatoms. The molecule has 0 saturated heterocycles. The maximum absolute atomic E-state index is 12.9. The van der Waals surface area contributed by atoms with E-state index in [0.29, 0.717) is 22.9 Å². The molecule has 0 bridgehead atoms. The summed E-state index contributed by atoms with van der Waals surface area (Å²) >= 11 is 0. The minimum absolute atomic E-state index is 0.260. The fourth-order valence-corrected chi connectivity index (χ4v) is 3.32. The second kappa shape index (κ2) is 8.04. The fraction of sp³-hybridized carbons (Fsp3) is 0.200. The van der Waals surface area contributed by atoms with E-state index in [1.807, 2.05) is 57.2 Å². The molecule has 4 rings (SSSR count). The van der Waals surface area contributed by atoms with E-state index < -0.39 is 5.41 Å². The number of anilines is 1. The molecule has 0 saturated carbocycles. The topological polar surface area (TPSA) is 87.9 Å². The van der Waals surface area contributed by atoms with Crippen molar-refractivity contribution < 1.29 is 9.53 Å². The Kier molecular flexibility index (Phi) is 5.26. The highest BCUT2D eigenvalue weighted by molar-refractivity contribution is 6.04. The summed E-state index contributed by atoms with van der Waals surface area (Å²) in [5.74, 6) is 0.781. The lowest BCUT2D eigenvalue weighted by molar-refractivity contribution is 0.102. The Morgan fingerprint density at radius 3 is 2.84 bits per heavy atom. The van der Waals surface area contributed by atoms with Gasteiger partial charge in [0.1, 0.15) is 12.1 Å². The molecule has 6 nitrogen and oxygen atoms in total. The molecule has 1 aliphatic carbocycles. The number of nitrogens with one attached hydrogen (secondary N) is 1. The van der Waals surface area contributed by atoms with E-state index in [1.54, 1.807) is 18.2 Å². The number of rotatable bonds is 5. The number of ether oxygens (including phenoxy) is 1. The van der Waals surface area contributed by atoms with Gasteiger partial charge in [0.05, 0.1) is 22.7 Å². The zero-order valence-corrected chi connectivity index (χ0v) is 17.6. The van der Waals surface area contributed by atoms with Crippen LogP contribution in [0, 0.1) is 18.3 Å². The summed E-state index contributed by atoms with van der Waals surface area (Å²) in [7, 11) is 0. The molecule has 0 radical (unpaired) electrons. The summed E-state index contributed by atoms with van der Waals surface area (Å²) in [6, 6.07) is 14.9. The molecule has 0 fully saturated rings. The standard InChI is InChI=1S/C25H22N4O2/c1-16-10-11-17(12-22(16)31-24-20-8-5-9-21(20)27-15-28-24)23(30)29-19-7-4-6-18(13-19)25(2,3)14-26/h4-8,10-13,15H,9H2,1-3H3,(H,29,30). The van der Waals surface area contributed by atoms with Gasteiger partial charge in [0.2, 0.25) is 5.88 Å².